The van der Waals surface area contributed by atoms with Gasteiger partial charge in [0, 0.05) is 28.1 Å². The molecule has 0 aliphatic carbocycles. The molecular formula is C12H11Br2N3S. The summed E-state index contributed by atoms with van der Waals surface area (Å²) in [6.45, 7) is 4.21. The van der Waals surface area contributed by atoms with E-state index >= 15 is 0 Å². The average Bonchev–Trinajstić information content (AvgIpc) is 2.32. The van der Waals surface area contributed by atoms with Crippen molar-refractivity contribution in [1.82, 2.24) is 15.0 Å². The number of rotatable bonds is 2. The lowest BCUT2D eigenvalue weighted by Crippen LogP contribution is -2.00. The Labute approximate surface area is 127 Å². The standard InChI is InChI=1S/C12H11Br2N3S/c1-6(2)10-9(14)12(18)17-11(16-10)7-3-8(13)5-15-4-7/h3-6H,1-2H3,(H,16,17,18). The molecule has 0 aliphatic heterocycles. The van der Waals surface area contributed by atoms with Crippen molar-refractivity contribution in [2.45, 2.75) is 19.8 Å². The number of H-pyrrole nitrogens is 1. The lowest BCUT2D eigenvalue weighted by molar-refractivity contribution is 0.807. The first kappa shape index (κ1) is 13.8. The summed E-state index contributed by atoms with van der Waals surface area (Å²) >= 11 is 12.1. The van der Waals surface area contributed by atoms with Crippen molar-refractivity contribution >= 4 is 44.1 Å². The van der Waals surface area contributed by atoms with Crippen LogP contribution in [0.1, 0.15) is 25.5 Å². The van der Waals surface area contributed by atoms with E-state index in [4.69, 9.17) is 12.2 Å². The normalized spacial score (nSPS) is 10.9. The molecule has 0 spiro atoms. The van der Waals surface area contributed by atoms with Crippen LogP contribution in [0.3, 0.4) is 0 Å². The largest absolute Gasteiger partial charge is 0.342 e. The average molecular weight is 389 g/mol. The summed E-state index contributed by atoms with van der Waals surface area (Å²) in [7, 11) is 0. The van der Waals surface area contributed by atoms with Crippen molar-refractivity contribution in [2.24, 2.45) is 0 Å². The van der Waals surface area contributed by atoms with Crippen molar-refractivity contribution in [3.63, 3.8) is 0 Å². The van der Waals surface area contributed by atoms with Gasteiger partial charge in [-0.2, -0.15) is 0 Å². The monoisotopic (exact) mass is 387 g/mol. The van der Waals surface area contributed by atoms with E-state index in [1.165, 1.54) is 0 Å². The molecule has 94 valence electrons. The van der Waals surface area contributed by atoms with Gasteiger partial charge in [0.25, 0.3) is 0 Å². The fraction of sp³-hybridized carbons (Fsp3) is 0.250. The van der Waals surface area contributed by atoms with E-state index in [1.54, 1.807) is 12.4 Å². The second-order valence-corrected chi connectivity index (χ2v) is 6.26. The number of aromatic amines is 1. The summed E-state index contributed by atoms with van der Waals surface area (Å²) in [4.78, 5) is 11.8. The van der Waals surface area contributed by atoms with Gasteiger partial charge in [-0.25, -0.2) is 4.98 Å². The molecule has 0 saturated heterocycles. The molecule has 0 aromatic carbocycles. The van der Waals surface area contributed by atoms with Crippen molar-refractivity contribution in [1.29, 1.82) is 0 Å². The van der Waals surface area contributed by atoms with Gasteiger partial charge in [0.2, 0.25) is 0 Å². The lowest BCUT2D eigenvalue weighted by atomic mass is 10.1. The van der Waals surface area contributed by atoms with Gasteiger partial charge < -0.3 is 4.98 Å². The van der Waals surface area contributed by atoms with E-state index in [1.807, 2.05) is 6.07 Å². The van der Waals surface area contributed by atoms with Gasteiger partial charge in [-0.3, -0.25) is 4.98 Å². The maximum atomic E-state index is 5.27. The molecule has 0 radical (unpaired) electrons. The van der Waals surface area contributed by atoms with Gasteiger partial charge in [0.15, 0.2) is 0 Å². The minimum Gasteiger partial charge on any atom is -0.342 e. The Morgan fingerprint density at radius 1 is 1.28 bits per heavy atom. The van der Waals surface area contributed by atoms with Gasteiger partial charge in [0.1, 0.15) is 10.5 Å². The van der Waals surface area contributed by atoms with Gasteiger partial charge in [-0.05, 0) is 43.8 Å². The van der Waals surface area contributed by atoms with Gasteiger partial charge in [0.05, 0.1) is 4.47 Å². The van der Waals surface area contributed by atoms with Crippen molar-refractivity contribution < 1.29 is 0 Å². The summed E-state index contributed by atoms with van der Waals surface area (Å²) in [6, 6.07) is 1.96. The molecule has 0 unspecified atom stereocenters. The van der Waals surface area contributed by atoms with E-state index < -0.39 is 0 Å². The summed E-state index contributed by atoms with van der Waals surface area (Å²) < 4.78 is 2.33. The highest BCUT2D eigenvalue weighted by Gasteiger charge is 2.11. The summed E-state index contributed by atoms with van der Waals surface area (Å²) in [5, 5.41) is 0. The SMILES string of the molecule is CC(C)c1[nH]c(-c2cncc(Br)c2)nc(=S)c1Br. The first-order chi connectivity index (χ1) is 8.49. The quantitative estimate of drug-likeness (QED) is 0.747. The molecule has 0 amide bonds. The van der Waals surface area contributed by atoms with Crippen molar-refractivity contribution in [3.05, 3.63) is 37.7 Å². The lowest BCUT2D eigenvalue weighted by Gasteiger charge is -2.11. The van der Waals surface area contributed by atoms with Gasteiger partial charge in [-0.1, -0.05) is 26.1 Å². The zero-order chi connectivity index (χ0) is 13.3. The molecule has 0 atom stereocenters. The first-order valence-corrected chi connectivity index (χ1v) is 7.39. The Bertz CT molecular complexity index is 637. The molecule has 2 aromatic heterocycles. The molecule has 0 bridgehead atoms. The fourth-order valence-electron chi connectivity index (χ4n) is 1.55. The highest BCUT2D eigenvalue weighted by Crippen LogP contribution is 2.26. The maximum Gasteiger partial charge on any atom is 0.144 e. The zero-order valence-corrected chi connectivity index (χ0v) is 13.9. The molecule has 2 heterocycles. The third-order valence-electron chi connectivity index (χ3n) is 2.45. The second kappa shape index (κ2) is 5.59. The maximum absolute atomic E-state index is 5.27. The number of nitrogens with one attached hydrogen (secondary N) is 1. The van der Waals surface area contributed by atoms with E-state index in [2.05, 4.69) is 60.7 Å². The van der Waals surface area contributed by atoms with Crippen LogP contribution < -0.4 is 0 Å². The smallest absolute Gasteiger partial charge is 0.144 e. The van der Waals surface area contributed by atoms with Crippen LogP contribution in [0.5, 0.6) is 0 Å². The minimum atomic E-state index is 0.336. The predicted octanol–water partition coefficient (Wildman–Crippen LogP) is 4.85. The number of pyridine rings is 1. The fourth-order valence-corrected chi connectivity index (χ4v) is 2.76. The number of halogens is 2. The number of hydrogen-bond acceptors (Lipinski definition) is 3. The Morgan fingerprint density at radius 3 is 2.61 bits per heavy atom. The number of aromatic nitrogens is 3. The van der Waals surface area contributed by atoms with E-state index in [0.717, 1.165) is 26.0 Å². The van der Waals surface area contributed by atoms with Crippen molar-refractivity contribution in [2.75, 3.05) is 0 Å². The van der Waals surface area contributed by atoms with Crippen LogP contribution >= 0.6 is 44.1 Å². The third kappa shape index (κ3) is 2.87. The molecule has 2 rings (SSSR count). The van der Waals surface area contributed by atoms with Crippen LogP contribution in [0, 0.1) is 4.64 Å². The van der Waals surface area contributed by atoms with Crippen LogP contribution in [0.15, 0.2) is 27.4 Å². The van der Waals surface area contributed by atoms with Crippen LogP contribution in [0.4, 0.5) is 0 Å². The highest BCUT2D eigenvalue weighted by molar-refractivity contribution is 9.10. The Kier molecular flexibility index (Phi) is 4.29. The molecule has 18 heavy (non-hydrogen) atoms. The molecule has 0 fully saturated rings. The molecule has 2 aromatic rings. The van der Waals surface area contributed by atoms with Crippen LogP contribution in [-0.4, -0.2) is 15.0 Å². The number of hydrogen-bond donors (Lipinski definition) is 1. The third-order valence-corrected chi connectivity index (χ3v) is 4.24. The summed E-state index contributed by atoms with van der Waals surface area (Å²) in [6.07, 6.45) is 3.50. The molecule has 6 heteroatoms. The molecule has 3 nitrogen and oxygen atoms in total. The second-order valence-electron chi connectivity index (χ2n) is 4.16. The molecule has 0 aliphatic rings. The summed E-state index contributed by atoms with van der Waals surface area (Å²) in [5.74, 6) is 1.07. The highest BCUT2D eigenvalue weighted by atomic mass is 79.9. The van der Waals surface area contributed by atoms with Crippen molar-refractivity contribution in [3.8, 4) is 11.4 Å². The van der Waals surface area contributed by atoms with Crippen LogP contribution in [-0.2, 0) is 0 Å². The molecule has 1 N–H and O–H groups in total. The van der Waals surface area contributed by atoms with Gasteiger partial charge in [-0.15, -0.1) is 0 Å². The van der Waals surface area contributed by atoms with E-state index in [9.17, 15) is 0 Å². The zero-order valence-electron chi connectivity index (χ0n) is 9.87. The van der Waals surface area contributed by atoms with Crippen LogP contribution in [0.25, 0.3) is 11.4 Å². The van der Waals surface area contributed by atoms with Gasteiger partial charge >= 0.3 is 0 Å². The molecule has 0 saturated carbocycles. The van der Waals surface area contributed by atoms with E-state index in [0.29, 0.717) is 10.6 Å². The topological polar surface area (TPSA) is 41.6 Å². The van der Waals surface area contributed by atoms with Crippen LogP contribution in [0.2, 0.25) is 0 Å². The Hall–Kier alpha value is -0.590. The Balaban J connectivity index is 2.63. The first-order valence-electron chi connectivity index (χ1n) is 5.39. The minimum absolute atomic E-state index is 0.336. The predicted molar refractivity (Wildman–Crippen MR) is 82.1 cm³/mol. The number of nitrogens with zero attached hydrogens (tertiary/aromatic N) is 2. The van der Waals surface area contributed by atoms with E-state index in [-0.39, 0.29) is 0 Å². The molecular weight excluding hydrogens is 378 g/mol. The Morgan fingerprint density at radius 2 is 2.00 bits per heavy atom. The summed E-state index contributed by atoms with van der Waals surface area (Å²) in [5.41, 5.74) is 1.95.